The van der Waals surface area contributed by atoms with Gasteiger partial charge in [0.2, 0.25) is 5.82 Å². The Bertz CT molecular complexity index is 1420. The van der Waals surface area contributed by atoms with Gasteiger partial charge in [-0.15, -0.1) is 0 Å². The lowest BCUT2D eigenvalue weighted by atomic mass is 10.0. The van der Waals surface area contributed by atoms with Crippen LogP contribution in [0.4, 0.5) is 22.0 Å². The molecule has 0 saturated carbocycles. The number of hydrogen-bond donors (Lipinski definition) is 0. The minimum absolute atomic E-state index is 0.0172. The molecule has 0 unspecified atom stereocenters. The van der Waals surface area contributed by atoms with Gasteiger partial charge in [-0.25, -0.2) is 14.0 Å². The molecule has 0 spiro atoms. The molecule has 0 saturated heterocycles. The zero-order valence-corrected chi connectivity index (χ0v) is 27.4. The highest BCUT2D eigenvalue weighted by molar-refractivity contribution is 5.92. The highest BCUT2D eigenvalue weighted by Crippen LogP contribution is 2.31. The van der Waals surface area contributed by atoms with Gasteiger partial charge in [0.25, 0.3) is 0 Å². The van der Waals surface area contributed by atoms with Crippen LogP contribution < -0.4 is 9.47 Å². The fourth-order valence-electron chi connectivity index (χ4n) is 4.76. The van der Waals surface area contributed by atoms with Gasteiger partial charge in [0.05, 0.1) is 17.7 Å². The van der Waals surface area contributed by atoms with Crippen LogP contribution in [-0.4, -0.2) is 44.0 Å². The van der Waals surface area contributed by atoms with E-state index in [9.17, 15) is 31.5 Å². The quantitative estimate of drug-likeness (QED) is 0.0513. The molecular formula is C37H43F5O6. The van der Waals surface area contributed by atoms with Gasteiger partial charge in [0, 0.05) is 18.8 Å². The Kier molecular flexibility index (Phi) is 15.8. The van der Waals surface area contributed by atoms with Crippen molar-refractivity contribution in [1.82, 2.24) is 0 Å². The molecule has 3 aromatic rings. The molecule has 0 radical (unpaired) electrons. The van der Waals surface area contributed by atoms with E-state index in [2.05, 4.69) is 6.92 Å². The second-order valence-corrected chi connectivity index (χ2v) is 11.4. The van der Waals surface area contributed by atoms with Crippen molar-refractivity contribution >= 4 is 11.9 Å². The van der Waals surface area contributed by atoms with Crippen molar-refractivity contribution in [1.29, 1.82) is 0 Å². The van der Waals surface area contributed by atoms with E-state index in [0.717, 1.165) is 38.5 Å². The monoisotopic (exact) mass is 678 g/mol. The van der Waals surface area contributed by atoms with E-state index in [1.54, 1.807) is 0 Å². The van der Waals surface area contributed by atoms with Gasteiger partial charge in [-0.05, 0) is 86.2 Å². The molecule has 0 N–H and O–H groups in total. The molecule has 0 aliphatic rings. The lowest BCUT2D eigenvalue weighted by Crippen LogP contribution is -2.33. The van der Waals surface area contributed by atoms with Crippen molar-refractivity contribution in [3.63, 3.8) is 0 Å². The van der Waals surface area contributed by atoms with Crippen LogP contribution in [0.5, 0.6) is 11.5 Å². The van der Waals surface area contributed by atoms with E-state index in [1.165, 1.54) is 60.7 Å². The van der Waals surface area contributed by atoms with Gasteiger partial charge < -0.3 is 18.9 Å². The Morgan fingerprint density at radius 2 is 1.25 bits per heavy atom. The lowest BCUT2D eigenvalue weighted by Gasteiger charge is -2.20. The number of esters is 2. The topological polar surface area (TPSA) is 71.1 Å². The maximum Gasteiger partial charge on any atom is 0.425 e. The van der Waals surface area contributed by atoms with Crippen molar-refractivity contribution < 1.29 is 50.5 Å². The molecule has 0 aliphatic carbocycles. The summed E-state index contributed by atoms with van der Waals surface area (Å²) in [5, 5.41) is 0. The predicted octanol–water partition coefficient (Wildman–Crippen LogP) is 10.3. The molecule has 0 bridgehead atoms. The predicted molar refractivity (Wildman–Crippen MR) is 172 cm³/mol. The molecule has 0 aromatic heterocycles. The largest absolute Gasteiger partial charge is 0.490 e. The molecule has 11 heteroatoms. The van der Waals surface area contributed by atoms with Crippen LogP contribution in [0.15, 0.2) is 60.7 Å². The molecule has 48 heavy (non-hydrogen) atoms. The van der Waals surface area contributed by atoms with Crippen molar-refractivity contribution in [3.05, 3.63) is 83.4 Å². The highest BCUT2D eigenvalue weighted by atomic mass is 19.4. The second-order valence-electron chi connectivity index (χ2n) is 11.4. The second kappa shape index (κ2) is 19.7. The fraction of sp³-hybridized carbons (Fsp3) is 0.459. The Labute approximate surface area is 278 Å². The van der Waals surface area contributed by atoms with Gasteiger partial charge >= 0.3 is 18.1 Å². The fourth-order valence-corrected chi connectivity index (χ4v) is 4.76. The molecule has 0 aliphatic heterocycles. The van der Waals surface area contributed by atoms with Crippen LogP contribution in [0, 0.1) is 11.6 Å². The third kappa shape index (κ3) is 12.2. The van der Waals surface area contributed by atoms with Crippen LogP contribution in [0.1, 0.15) is 98.8 Å². The van der Waals surface area contributed by atoms with Crippen LogP contribution in [0.2, 0.25) is 0 Å². The Balaban J connectivity index is 1.52. The summed E-state index contributed by atoms with van der Waals surface area (Å²) < 4.78 is 90.8. The first-order chi connectivity index (χ1) is 23.0. The number of alkyl halides is 3. The average molecular weight is 679 g/mol. The smallest absolute Gasteiger partial charge is 0.425 e. The molecule has 262 valence electrons. The first-order valence-corrected chi connectivity index (χ1v) is 16.4. The Morgan fingerprint density at radius 3 is 1.90 bits per heavy atom. The highest BCUT2D eigenvalue weighted by Gasteiger charge is 2.42. The molecule has 3 aromatic carbocycles. The number of ether oxygens (including phenoxy) is 4. The SMILES string of the molecule is CCCCCC[C@H](OC(=O)c1ccc(OC(=O)c2ccc(-c3ccc(OCCCCOCCCCC)c(F)c3F)cc2)cc1)C(F)(F)F. The summed E-state index contributed by atoms with van der Waals surface area (Å²) in [4.78, 5) is 25.1. The minimum atomic E-state index is -4.69. The summed E-state index contributed by atoms with van der Waals surface area (Å²) in [7, 11) is 0. The van der Waals surface area contributed by atoms with Gasteiger partial charge in [-0.1, -0.05) is 58.1 Å². The number of halogens is 5. The maximum absolute atomic E-state index is 14.9. The summed E-state index contributed by atoms with van der Waals surface area (Å²) in [6.45, 7) is 5.58. The third-order valence-corrected chi connectivity index (χ3v) is 7.55. The van der Waals surface area contributed by atoms with Gasteiger partial charge in [0.1, 0.15) is 5.75 Å². The summed E-state index contributed by atoms with van der Waals surface area (Å²) >= 11 is 0. The van der Waals surface area contributed by atoms with Crippen LogP contribution >= 0.6 is 0 Å². The number of carbonyl (C=O) groups excluding carboxylic acids is 2. The van der Waals surface area contributed by atoms with E-state index >= 15 is 0 Å². The standard InChI is InChI=1S/C37H43F5O6/c1-3-5-7-8-12-32(37(40,41)42)48-36(44)28-17-19-29(20-18-28)47-35(43)27-15-13-26(14-16-27)30-21-22-31(34(39)33(30)38)46-25-11-10-24-45-23-9-6-4-2/h13-22,32H,3-12,23-25H2,1-2H3/t32-/m0/s1. The molecule has 3 rings (SSSR count). The average Bonchev–Trinajstić information content (AvgIpc) is 3.07. The number of hydrogen-bond acceptors (Lipinski definition) is 6. The third-order valence-electron chi connectivity index (χ3n) is 7.55. The molecule has 0 fully saturated rings. The van der Waals surface area contributed by atoms with Gasteiger partial charge in [-0.2, -0.15) is 17.6 Å². The maximum atomic E-state index is 14.9. The molecule has 1 atom stereocenters. The zero-order valence-electron chi connectivity index (χ0n) is 27.4. The number of carbonyl (C=O) groups is 2. The molecule has 0 amide bonds. The van der Waals surface area contributed by atoms with Crippen molar-refractivity contribution in [2.45, 2.75) is 90.3 Å². The van der Waals surface area contributed by atoms with Crippen LogP contribution in [-0.2, 0) is 9.47 Å². The summed E-state index contributed by atoms with van der Waals surface area (Å²) in [5.74, 6) is -4.26. The van der Waals surface area contributed by atoms with E-state index in [0.29, 0.717) is 31.6 Å². The summed E-state index contributed by atoms with van der Waals surface area (Å²) in [6.07, 6.45) is -0.0205. The minimum Gasteiger partial charge on any atom is -0.490 e. The van der Waals surface area contributed by atoms with Crippen molar-refractivity contribution in [2.24, 2.45) is 0 Å². The molecule has 6 nitrogen and oxygen atoms in total. The number of unbranched alkanes of at least 4 members (excludes halogenated alkanes) is 6. The van der Waals surface area contributed by atoms with Gasteiger partial charge in [0.15, 0.2) is 17.7 Å². The first kappa shape index (κ1) is 38.5. The van der Waals surface area contributed by atoms with E-state index < -0.39 is 35.9 Å². The van der Waals surface area contributed by atoms with Crippen molar-refractivity contribution in [3.8, 4) is 22.6 Å². The summed E-state index contributed by atoms with van der Waals surface area (Å²) in [5.41, 5.74) is 0.278. The van der Waals surface area contributed by atoms with Crippen LogP contribution in [0.25, 0.3) is 11.1 Å². The van der Waals surface area contributed by atoms with E-state index in [-0.39, 0.29) is 47.6 Å². The van der Waals surface area contributed by atoms with E-state index in [4.69, 9.17) is 18.9 Å². The Morgan fingerprint density at radius 1 is 0.667 bits per heavy atom. The van der Waals surface area contributed by atoms with Crippen LogP contribution in [0.3, 0.4) is 0 Å². The normalized spacial score (nSPS) is 12.1. The van der Waals surface area contributed by atoms with E-state index in [1.807, 2.05) is 6.92 Å². The van der Waals surface area contributed by atoms with Crippen molar-refractivity contribution in [2.75, 3.05) is 19.8 Å². The number of benzene rings is 3. The summed E-state index contributed by atoms with van der Waals surface area (Å²) in [6, 6.07) is 13.3. The zero-order chi connectivity index (χ0) is 34.9. The number of rotatable bonds is 20. The Hall–Kier alpha value is -3.99. The lowest BCUT2D eigenvalue weighted by molar-refractivity contribution is -0.206. The molecule has 0 heterocycles. The molecular weight excluding hydrogens is 635 g/mol. The van der Waals surface area contributed by atoms with Gasteiger partial charge in [-0.3, -0.25) is 0 Å². The first-order valence-electron chi connectivity index (χ1n) is 16.4.